The van der Waals surface area contributed by atoms with Crippen LogP contribution in [0.3, 0.4) is 0 Å². The van der Waals surface area contributed by atoms with Gasteiger partial charge in [0.15, 0.2) is 0 Å². The van der Waals surface area contributed by atoms with Crippen LogP contribution in [-0.4, -0.2) is 107 Å². The van der Waals surface area contributed by atoms with Gasteiger partial charge in [0.1, 0.15) is 29.9 Å². The van der Waals surface area contributed by atoms with Crippen molar-refractivity contribution in [2.24, 2.45) is 29.0 Å². The number of nitrogens with two attached hydrogens (primary N) is 3. The Kier molecular flexibility index (Phi) is 20.4. The van der Waals surface area contributed by atoms with Crippen molar-refractivity contribution in [2.75, 3.05) is 26.2 Å². The van der Waals surface area contributed by atoms with Crippen molar-refractivity contribution < 1.29 is 34.2 Å². The molecule has 7 atom stereocenters. The third-order valence-corrected chi connectivity index (χ3v) is 9.86. The molecule has 15 heteroatoms. The molecule has 0 spiro atoms. The summed E-state index contributed by atoms with van der Waals surface area (Å²) in [4.78, 5) is 69.0. The van der Waals surface area contributed by atoms with Crippen LogP contribution in [0.5, 0.6) is 5.75 Å². The zero-order valence-electron chi connectivity index (χ0n) is 32.1. The van der Waals surface area contributed by atoms with Crippen molar-refractivity contribution in [3.8, 4) is 5.75 Å². The number of aromatic hydroxyl groups is 1. The first-order valence-corrected chi connectivity index (χ1v) is 19.3. The van der Waals surface area contributed by atoms with Crippen molar-refractivity contribution in [1.82, 2.24) is 26.2 Å². The molecule has 1 aliphatic heterocycles. The van der Waals surface area contributed by atoms with E-state index in [2.05, 4.69) is 21.3 Å². The Labute approximate surface area is 314 Å². The number of carbonyl (C=O) groups is 5. The maximum atomic E-state index is 14.0. The van der Waals surface area contributed by atoms with Crippen molar-refractivity contribution in [3.63, 3.8) is 0 Å². The van der Waals surface area contributed by atoms with E-state index in [1.807, 2.05) is 20.8 Å². The lowest BCUT2D eigenvalue weighted by Crippen LogP contribution is -2.60. The molecule has 0 aromatic heterocycles. The maximum absolute atomic E-state index is 14.0. The van der Waals surface area contributed by atoms with Gasteiger partial charge < -0.3 is 53.6 Å². The van der Waals surface area contributed by atoms with Crippen LogP contribution in [0.15, 0.2) is 24.3 Å². The normalized spacial score (nSPS) is 17.7. The molecule has 1 heterocycles. The highest BCUT2D eigenvalue weighted by Crippen LogP contribution is 2.21. The van der Waals surface area contributed by atoms with Gasteiger partial charge in [-0.2, -0.15) is 0 Å². The van der Waals surface area contributed by atoms with Gasteiger partial charge in [-0.3, -0.25) is 19.2 Å². The summed E-state index contributed by atoms with van der Waals surface area (Å²) in [6.07, 6.45) is 6.29. The minimum Gasteiger partial charge on any atom is -0.508 e. The van der Waals surface area contributed by atoms with E-state index in [0.29, 0.717) is 57.4 Å². The predicted molar refractivity (Wildman–Crippen MR) is 204 cm³/mol. The van der Waals surface area contributed by atoms with E-state index >= 15 is 0 Å². The van der Waals surface area contributed by atoms with Crippen molar-refractivity contribution in [3.05, 3.63) is 29.8 Å². The number of benzene rings is 1. The number of amides is 4. The molecular formula is C38H66N8O7. The molecule has 1 fully saturated rings. The van der Waals surface area contributed by atoms with Crippen LogP contribution in [-0.2, 0) is 30.4 Å². The van der Waals surface area contributed by atoms with Gasteiger partial charge in [0, 0.05) is 25.6 Å². The minimum atomic E-state index is -1.17. The number of carbonyl (C=O) groups excluding carboxylic acids is 4. The molecule has 0 saturated carbocycles. The van der Waals surface area contributed by atoms with Gasteiger partial charge in [-0.1, -0.05) is 59.1 Å². The summed E-state index contributed by atoms with van der Waals surface area (Å²) < 4.78 is 0. The molecule has 1 saturated heterocycles. The van der Waals surface area contributed by atoms with Crippen LogP contribution in [0.2, 0.25) is 0 Å². The smallest absolute Gasteiger partial charge is 0.326 e. The fourth-order valence-electron chi connectivity index (χ4n) is 6.51. The van der Waals surface area contributed by atoms with Crippen molar-refractivity contribution in [2.45, 2.75) is 135 Å². The van der Waals surface area contributed by atoms with Crippen LogP contribution in [0.4, 0.5) is 0 Å². The van der Waals surface area contributed by atoms with E-state index in [-0.39, 0.29) is 42.4 Å². The van der Waals surface area contributed by atoms with Crippen molar-refractivity contribution >= 4 is 29.6 Å². The van der Waals surface area contributed by atoms with Crippen molar-refractivity contribution in [1.29, 1.82) is 0 Å². The molecule has 1 aromatic rings. The van der Waals surface area contributed by atoms with E-state index in [1.165, 1.54) is 12.1 Å². The van der Waals surface area contributed by atoms with E-state index in [0.717, 1.165) is 32.1 Å². The Bertz CT molecular complexity index is 1300. The largest absolute Gasteiger partial charge is 0.508 e. The van der Waals surface area contributed by atoms with Crippen LogP contribution in [0.25, 0.3) is 0 Å². The molecule has 2 rings (SSSR count). The molecule has 300 valence electrons. The first-order valence-electron chi connectivity index (χ1n) is 19.3. The third-order valence-electron chi connectivity index (χ3n) is 9.86. The zero-order chi connectivity index (χ0) is 39.5. The molecule has 0 bridgehead atoms. The number of carboxylic acids is 1. The summed E-state index contributed by atoms with van der Waals surface area (Å²) in [5, 5.41) is 31.2. The van der Waals surface area contributed by atoms with Crippen LogP contribution in [0, 0.1) is 11.8 Å². The lowest BCUT2D eigenvalue weighted by atomic mass is 9.96. The van der Waals surface area contributed by atoms with Gasteiger partial charge in [0.25, 0.3) is 0 Å². The first-order chi connectivity index (χ1) is 25.2. The number of carboxylic acid groups (broad SMARTS) is 1. The molecule has 53 heavy (non-hydrogen) atoms. The fourth-order valence-corrected chi connectivity index (χ4v) is 6.51. The molecule has 12 N–H and O–H groups in total. The molecule has 4 amide bonds. The van der Waals surface area contributed by atoms with Crippen LogP contribution >= 0.6 is 0 Å². The number of rotatable bonds is 25. The summed E-state index contributed by atoms with van der Waals surface area (Å²) in [5.74, 6) is -3.47. The Morgan fingerprint density at radius 2 is 1.51 bits per heavy atom. The Balaban J connectivity index is 2.31. The number of nitrogens with zero attached hydrogens (tertiary/aromatic N) is 1. The van der Waals surface area contributed by atoms with Gasteiger partial charge in [0.2, 0.25) is 23.6 Å². The quantitative estimate of drug-likeness (QED) is 0.0641. The SMILES string of the molecule is CC[C@H](C)[C@H](NC(=O)[C@H](Cc1ccc(O)cc1)NC(=O)[C@@H]1CCCN1C(=O)[C@H](CCCCN)NC[C@@H](N)CCCCN)C(=O)N[C@@H](CC(C)C)C(=O)O. The number of aliphatic carboxylic acids is 1. The number of unbranched alkanes of at least 4 members (excludes halogenated alkanes) is 2. The Hall–Kier alpha value is -3.79. The summed E-state index contributed by atoms with van der Waals surface area (Å²) in [7, 11) is 0. The highest BCUT2D eigenvalue weighted by Gasteiger charge is 2.39. The fraction of sp³-hybridized carbons (Fsp3) is 0.711. The summed E-state index contributed by atoms with van der Waals surface area (Å²) in [6, 6.07) is 1.30. The Morgan fingerprint density at radius 3 is 2.09 bits per heavy atom. The topological polar surface area (TPSA) is 255 Å². The summed E-state index contributed by atoms with van der Waals surface area (Å²) >= 11 is 0. The number of nitrogens with one attached hydrogen (secondary N) is 4. The second-order valence-electron chi connectivity index (χ2n) is 14.8. The molecule has 0 radical (unpaired) electrons. The summed E-state index contributed by atoms with van der Waals surface area (Å²) in [5.41, 5.74) is 18.3. The monoisotopic (exact) mass is 747 g/mol. The van der Waals surface area contributed by atoms with E-state index in [9.17, 15) is 34.2 Å². The molecule has 15 nitrogen and oxygen atoms in total. The highest BCUT2D eigenvalue weighted by atomic mass is 16.4. The number of phenolic OH excluding ortho intramolecular Hbond substituents is 1. The number of hydrogen-bond acceptors (Lipinski definition) is 10. The van der Waals surface area contributed by atoms with Gasteiger partial charge in [-0.15, -0.1) is 0 Å². The average molecular weight is 747 g/mol. The maximum Gasteiger partial charge on any atom is 0.326 e. The van der Waals surface area contributed by atoms with E-state index in [4.69, 9.17) is 17.2 Å². The average Bonchev–Trinajstić information content (AvgIpc) is 3.62. The second kappa shape index (κ2) is 23.8. The molecule has 0 unspecified atom stereocenters. The number of hydrogen-bond donors (Lipinski definition) is 9. The van der Waals surface area contributed by atoms with E-state index in [1.54, 1.807) is 24.0 Å². The lowest BCUT2D eigenvalue weighted by molar-refractivity contribution is -0.143. The standard InChI is InChI=1S/C38H66N8O7/c1-5-25(4)33(36(50)44-31(38(52)53)21-24(2)3)45-34(48)30(22-26-14-16-28(47)17-15-26)43-35(49)32-13-10-20-46(32)37(51)29(12-7-9-19-40)42-23-27(41)11-6-8-18-39/h14-17,24-25,27,29-33,42,47H,5-13,18-23,39-41H2,1-4H3,(H,43,49)(H,44,50)(H,45,48)(H,52,53)/t25-,27-,29-,30-,31-,32-,33-/m0/s1. The molecule has 1 aromatic carbocycles. The number of likely N-dealkylation sites (tertiary alicyclic amines) is 1. The van der Waals surface area contributed by atoms with Gasteiger partial charge >= 0.3 is 5.97 Å². The number of phenols is 1. The predicted octanol–water partition coefficient (Wildman–Crippen LogP) is 1.10. The van der Waals surface area contributed by atoms with Gasteiger partial charge in [0.05, 0.1) is 6.04 Å². The highest BCUT2D eigenvalue weighted by molar-refractivity contribution is 5.96. The van der Waals surface area contributed by atoms with Crippen LogP contribution < -0.4 is 38.5 Å². The first kappa shape index (κ1) is 45.4. The minimum absolute atomic E-state index is 0.000946. The molecule has 1 aliphatic rings. The van der Waals surface area contributed by atoms with Crippen LogP contribution in [0.1, 0.15) is 97.5 Å². The lowest BCUT2D eigenvalue weighted by Gasteiger charge is -2.31. The molecular weight excluding hydrogens is 680 g/mol. The van der Waals surface area contributed by atoms with Gasteiger partial charge in [-0.05, 0) is 87.6 Å². The van der Waals surface area contributed by atoms with E-state index < -0.39 is 53.9 Å². The summed E-state index contributed by atoms with van der Waals surface area (Å²) in [6.45, 7) is 9.24. The van der Waals surface area contributed by atoms with Gasteiger partial charge in [-0.25, -0.2) is 4.79 Å². The molecule has 0 aliphatic carbocycles. The zero-order valence-corrected chi connectivity index (χ0v) is 32.1. The second-order valence-corrected chi connectivity index (χ2v) is 14.8. The third kappa shape index (κ3) is 15.6. The Morgan fingerprint density at radius 1 is 0.868 bits per heavy atom.